The molecule has 0 aliphatic heterocycles. The number of carboxylic acid groups (broad SMARTS) is 1. The monoisotopic (exact) mass is 431 g/mol. The first-order valence-electron chi connectivity index (χ1n) is 8.29. The van der Waals surface area contributed by atoms with Gasteiger partial charge >= 0.3 is 5.97 Å². The minimum absolute atomic E-state index is 0.146. The highest BCUT2D eigenvalue weighted by molar-refractivity contribution is 6.45. The number of benzene rings is 3. The highest BCUT2D eigenvalue weighted by Crippen LogP contribution is 2.33. The van der Waals surface area contributed by atoms with Crippen LogP contribution in [0.3, 0.4) is 0 Å². The van der Waals surface area contributed by atoms with Gasteiger partial charge in [0.25, 0.3) is 0 Å². The van der Waals surface area contributed by atoms with Gasteiger partial charge in [0.1, 0.15) is 6.54 Å². The van der Waals surface area contributed by atoms with Crippen molar-refractivity contribution in [2.75, 3.05) is 0 Å². The summed E-state index contributed by atoms with van der Waals surface area (Å²) in [5.41, 5.74) is 2.17. The van der Waals surface area contributed by atoms with Gasteiger partial charge in [-0.25, -0.2) is 0 Å². The molecular weight excluding hydrogens is 421 g/mol. The molecule has 0 fully saturated rings. The van der Waals surface area contributed by atoms with Crippen molar-refractivity contribution < 1.29 is 9.90 Å². The quantitative estimate of drug-likeness (QED) is 0.412. The van der Waals surface area contributed by atoms with E-state index in [1.54, 1.807) is 30.3 Å². The smallest absolute Gasteiger partial charge is 0.323 e. The van der Waals surface area contributed by atoms with E-state index in [4.69, 9.17) is 34.8 Å². The van der Waals surface area contributed by atoms with Crippen LogP contribution in [0.15, 0.2) is 59.4 Å². The van der Waals surface area contributed by atoms with Gasteiger partial charge < -0.3 is 9.67 Å². The molecule has 0 aliphatic carbocycles. The second kappa shape index (κ2) is 7.13. The topological polar surface area (TPSA) is 59.3 Å². The first-order valence-corrected chi connectivity index (χ1v) is 9.42. The standard InChI is InChI=1S/C21H12Cl3NO3/c22-13-3-1-2-11(8-13)12-4-5-14-17(9-12)25(10-18(26)27)20-15(21(14)28)6-7-16(23)19(20)24/h1-9H,10H2,(H,26,27). The minimum atomic E-state index is -1.06. The number of halogens is 3. The van der Waals surface area contributed by atoms with E-state index >= 15 is 0 Å². The van der Waals surface area contributed by atoms with Gasteiger partial charge in [0.05, 0.1) is 21.1 Å². The van der Waals surface area contributed by atoms with Crippen LogP contribution >= 0.6 is 34.8 Å². The Morgan fingerprint density at radius 3 is 2.36 bits per heavy atom. The van der Waals surface area contributed by atoms with E-state index in [2.05, 4.69) is 0 Å². The lowest BCUT2D eigenvalue weighted by molar-refractivity contribution is -0.137. The van der Waals surface area contributed by atoms with Gasteiger partial charge in [-0.05, 0) is 47.5 Å². The zero-order chi connectivity index (χ0) is 20.0. The predicted octanol–water partition coefficient (Wildman–Crippen LogP) is 5.87. The van der Waals surface area contributed by atoms with E-state index in [1.165, 1.54) is 10.6 Å². The van der Waals surface area contributed by atoms with Gasteiger partial charge in [-0.15, -0.1) is 0 Å². The molecule has 7 heteroatoms. The molecule has 0 saturated heterocycles. The van der Waals surface area contributed by atoms with Crippen molar-refractivity contribution in [3.63, 3.8) is 0 Å². The molecule has 1 aromatic heterocycles. The summed E-state index contributed by atoms with van der Waals surface area (Å²) in [6.07, 6.45) is 0. The largest absolute Gasteiger partial charge is 0.480 e. The molecule has 4 nitrogen and oxygen atoms in total. The highest BCUT2D eigenvalue weighted by atomic mass is 35.5. The Morgan fingerprint density at radius 1 is 0.929 bits per heavy atom. The molecule has 0 amide bonds. The molecule has 3 aromatic carbocycles. The van der Waals surface area contributed by atoms with Crippen LogP contribution in [0.5, 0.6) is 0 Å². The lowest BCUT2D eigenvalue weighted by atomic mass is 10.0. The van der Waals surface area contributed by atoms with Crippen molar-refractivity contribution >= 4 is 62.6 Å². The van der Waals surface area contributed by atoms with Crippen LogP contribution < -0.4 is 5.43 Å². The van der Waals surface area contributed by atoms with Gasteiger partial charge in [-0.2, -0.15) is 0 Å². The van der Waals surface area contributed by atoms with Crippen molar-refractivity contribution in [2.45, 2.75) is 6.54 Å². The van der Waals surface area contributed by atoms with Crippen molar-refractivity contribution in [3.05, 3.63) is 79.9 Å². The molecule has 0 radical (unpaired) electrons. The molecule has 1 N–H and O–H groups in total. The minimum Gasteiger partial charge on any atom is -0.480 e. The molecule has 0 bridgehead atoms. The molecular formula is C21H12Cl3NO3. The summed E-state index contributed by atoms with van der Waals surface area (Å²) in [4.78, 5) is 24.6. The van der Waals surface area contributed by atoms with Crippen LogP contribution in [0, 0.1) is 0 Å². The van der Waals surface area contributed by atoms with Crippen LogP contribution in [0.2, 0.25) is 15.1 Å². The third kappa shape index (κ3) is 3.14. The zero-order valence-electron chi connectivity index (χ0n) is 14.2. The number of rotatable bonds is 3. The SMILES string of the molecule is O=C(O)Cn1c2cc(-c3cccc(Cl)c3)ccc2c(=O)c2ccc(Cl)c(Cl)c21. The van der Waals surface area contributed by atoms with Crippen molar-refractivity contribution in [1.29, 1.82) is 0 Å². The summed E-state index contributed by atoms with van der Waals surface area (Å²) < 4.78 is 1.51. The van der Waals surface area contributed by atoms with Crippen LogP contribution in [0.1, 0.15) is 0 Å². The predicted molar refractivity (Wildman–Crippen MR) is 114 cm³/mol. The van der Waals surface area contributed by atoms with E-state index in [-0.39, 0.29) is 22.0 Å². The fourth-order valence-corrected chi connectivity index (χ4v) is 3.96. The van der Waals surface area contributed by atoms with E-state index in [9.17, 15) is 14.7 Å². The number of hydrogen-bond acceptors (Lipinski definition) is 2. The number of fused-ring (bicyclic) bond motifs is 2. The number of carboxylic acids is 1. The summed E-state index contributed by atoms with van der Waals surface area (Å²) >= 11 is 18.6. The van der Waals surface area contributed by atoms with E-state index in [0.717, 1.165) is 11.1 Å². The van der Waals surface area contributed by atoms with E-state index in [0.29, 0.717) is 26.8 Å². The summed E-state index contributed by atoms with van der Waals surface area (Å²) in [6.45, 7) is -0.369. The number of hydrogen-bond donors (Lipinski definition) is 1. The van der Waals surface area contributed by atoms with Crippen molar-refractivity contribution in [2.24, 2.45) is 0 Å². The maximum atomic E-state index is 13.0. The van der Waals surface area contributed by atoms with Crippen LogP contribution in [0.4, 0.5) is 0 Å². The third-order valence-electron chi connectivity index (χ3n) is 4.57. The molecule has 0 spiro atoms. The normalized spacial score (nSPS) is 11.2. The number of pyridine rings is 1. The Kier molecular flexibility index (Phi) is 4.79. The first kappa shape index (κ1) is 18.8. The highest BCUT2D eigenvalue weighted by Gasteiger charge is 2.17. The average Bonchev–Trinajstić information content (AvgIpc) is 2.67. The average molecular weight is 433 g/mol. The van der Waals surface area contributed by atoms with Gasteiger partial charge in [-0.1, -0.05) is 53.0 Å². The number of carbonyl (C=O) groups is 1. The Morgan fingerprint density at radius 2 is 1.64 bits per heavy atom. The van der Waals surface area contributed by atoms with E-state index in [1.807, 2.05) is 18.2 Å². The zero-order valence-corrected chi connectivity index (χ0v) is 16.5. The maximum absolute atomic E-state index is 13.0. The lowest BCUT2D eigenvalue weighted by Gasteiger charge is -2.16. The second-order valence-electron chi connectivity index (χ2n) is 6.31. The van der Waals surface area contributed by atoms with E-state index < -0.39 is 5.97 Å². The van der Waals surface area contributed by atoms with Gasteiger partial charge in [0, 0.05) is 15.8 Å². The van der Waals surface area contributed by atoms with Crippen molar-refractivity contribution in [3.8, 4) is 11.1 Å². The molecule has 0 aliphatic rings. The second-order valence-corrected chi connectivity index (χ2v) is 7.53. The number of nitrogens with zero attached hydrogens (tertiary/aromatic N) is 1. The van der Waals surface area contributed by atoms with Gasteiger partial charge in [-0.3, -0.25) is 9.59 Å². The van der Waals surface area contributed by atoms with Crippen molar-refractivity contribution in [1.82, 2.24) is 4.57 Å². The molecule has 28 heavy (non-hydrogen) atoms. The fraction of sp³-hybridized carbons (Fsp3) is 0.0476. The molecule has 1 heterocycles. The van der Waals surface area contributed by atoms with Crippen LogP contribution in [-0.2, 0) is 11.3 Å². The van der Waals surface area contributed by atoms with Crippen LogP contribution in [0.25, 0.3) is 32.9 Å². The summed E-state index contributed by atoms with van der Waals surface area (Å²) in [5, 5.41) is 11.1. The molecule has 140 valence electrons. The fourth-order valence-electron chi connectivity index (χ4n) is 3.35. The maximum Gasteiger partial charge on any atom is 0.323 e. The Balaban J connectivity index is 2.15. The lowest BCUT2D eigenvalue weighted by Crippen LogP contribution is -2.16. The molecule has 4 rings (SSSR count). The molecule has 0 unspecified atom stereocenters. The summed E-state index contributed by atoms with van der Waals surface area (Å²) in [6, 6.07) is 15.6. The van der Waals surface area contributed by atoms with Crippen LogP contribution in [-0.4, -0.2) is 15.6 Å². The first-order chi connectivity index (χ1) is 13.4. The Labute approximate surface area is 174 Å². The summed E-state index contributed by atoms with van der Waals surface area (Å²) in [5.74, 6) is -1.06. The molecule has 0 saturated carbocycles. The Hall–Kier alpha value is -2.53. The third-order valence-corrected chi connectivity index (χ3v) is 5.60. The number of aromatic nitrogens is 1. The Bertz CT molecular complexity index is 1330. The van der Waals surface area contributed by atoms with Gasteiger partial charge in [0.15, 0.2) is 5.43 Å². The van der Waals surface area contributed by atoms with Gasteiger partial charge in [0.2, 0.25) is 0 Å². The summed E-state index contributed by atoms with van der Waals surface area (Å²) in [7, 11) is 0. The molecule has 4 aromatic rings. The number of aliphatic carboxylic acids is 1. The molecule has 0 atom stereocenters.